The van der Waals surface area contributed by atoms with Crippen LogP contribution in [0.5, 0.6) is 0 Å². The van der Waals surface area contributed by atoms with Gasteiger partial charge in [0.15, 0.2) is 5.13 Å². The summed E-state index contributed by atoms with van der Waals surface area (Å²) in [5.74, 6) is -1.12. The van der Waals surface area contributed by atoms with Crippen molar-refractivity contribution >= 4 is 28.3 Å². The predicted molar refractivity (Wildman–Crippen MR) is 117 cm³/mol. The molecule has 160 valence electrons. The lowest BCUT2D eigenvalue weighted by Crippen LogP contribution is -2.24. The third-order valence-corrected chi connectivity index (χ3v) is 7.16. The Balaban J connectivity index is 1.60. The number of carboxylic acids is 1. The summed E-state index contributed by atoms with van der Waals surface area (Å²) in [5, 5.41) is 17.8. The van der Waals surface area contributed by atoms with Crippen molar-refractivity contribution in [1.82, 2.24) is 19.7 Å². The molecule has 0 unspecified atom stereocenters. The summed E-state index contributed by atoms with van der Waals surface area (Å²) in [6, 6.07) is 4.08. The van der Waals surface area contributed by atoms with Crippen LogP contribution in [0.25, 0.3) is 21.8 Å². The first-order chi connectivity index (χ1) is 15.0. The summed E-state index contributed by atoms with van der Waals surface area (Å²) in [7, 11) is 0. The molecule has 0 bridgehead atoms. The molecular weight excluding hydrogens is 414 g/mol. The normalized spacial score (nSPS) is 20.0. The molecule has 9 heteroatoms. The average molecular weight is 438 g/mol. The Morgan fingerprint density at radius 1 is 1.23 bits per heavy atom. The van der Waals surface area contributed by atoms with E-state index in [4.69, 9.17) is 5.10 Å². The number of aryl methyl sites for hydroxylation is 1. The summed E-state index contributed by atoms with van der Waals surface area (Å²) in [5.41, 5.74) is 5.14. The maximum atomic E-state index is 11.5. The summed E-state index contributed by atoms with van der Waals surface area (Å²) < 4.78 is 2.10. The van der Waals surface area contributed by atoms with E-state index in [9.17, 15) is 14.7 Å². The highest BCUT2D eigenvalue weighted by Gasteiger charge is 2.34. The number of fused-ring (bicyclic) bond motifs is 3. The summed E-state index contributed by atoms with van der Waals surface area (Å²) in [4.78, 5) is 32.9. The second kappa shape index (κ2) is 7.88. The number of hydrogen-bond donors (Lipinski definition) is 2. The van der Waals surface area contributed by atoms with Crippen molar-refractivity contribution in [3.8, 4) is 21.8 Å². The average Bonchev–Trinajstić information content (AvgIpc) is 3.34. The third kappa shape index (κ3) is 3.63. The van der Waals surface area contributed by atoms with Crippen LogP contribution < -0.4 is 5.32 Å². The van der Waals surface area contributed by atoms with Gasteiger partial charge in [-0.2, -0.15) is 5.10 Å². The zero-order chi connectivity index (χ0) is 21.5. The number of anilines is 1. The van der Waals surface area contributed by atoms with Crippen LogP contribution in [0.15, 0.2) is 24.5 Å². The fourth-order valence-corrected chi connectivity index (χ4v) is 5.79. The highest BCUT2D eigenvalue weighted by atomic mass is 32.1. The van der Waals surface area contributed by atoms with E-state index in [-0.39, 0.29) is 17.9 Å². The van der Waals surface area contributed by atoms with Gasteiger partial charge in [0, 0.05) is 30.4 Å². The number of nitrogens with zero attached hydrogens (tertiary/aromatic N) is 4. The molecule has 1 fully saturated rings. The number of carboxylic acid groups (broad SMARTS) is 1. The number of carbonyl (C=O) groups excluding carboxylic acids is 1. The predicted octanol–water partition coefficient (Wildman–Crippen LogP) is 3.94. The molecule has 0 saturated heterocycles. The molecular formula is C22H23N5O3S. The largest absolute Gasteiger partial charge is 0.481 e. The molecule has 1 amide bonds. The maximum absolute atomic E-state index is 11.5. The molecule has 31 heavy (non-hydrogen) atoms. The van der Waals surface area contributed by atoms with Gasteiger partial charge in [-0.3, -0.25) is 19.3 Å². The van der Waals surface area contributed by atoms with Crippen LogP contribution in [0.4, 0.5) is 5.13 Å². The van der Waals surface area contributed by atoms with Gasteiger partial charge >= 0.3 is 5.97 Å². The number of aliphatic carboxylic acids is 1. The van der Waals surface area contributed by atoms with Gasteiger partial charge in [-0.25, -0.2) is 4.98 Å². The molecule has 0 radical (unpaired) electrons. The number of rotatable bonds is 4. The number of carbonyl (C=O) groups is 2. The molecule has 3 heterocycles. The third-order valence-electron chi connectivity index (χ3n) is 6.14. The Bertz CT molecular complexity index is 1150. The SMILES string of the molecule is CC(=O)Nc1nc2c(s1)-c1c(c(-c3cccnc3)nn1[C@H]1CC[C@H](C(=O)O)CC1)CC2. The Morgan fingerprint density at radius 2 is 2.03 bits per heavy atom. The monoisotopic (exact) mass is 437 g/mol. The highest BCUT2D eigenvalue weighted by molar-refractivity contribution is 7.19. The highest BCUT2D eigenvalue weighted by Crippen LogP contribution is 2.46. The molecule has 1 saturated carbocycles. The lowest BCUT2D eigenvalue weighted by molar-refractivity contribution is -0.143. The number of nitrogens with one attached hydrogen (secondary N) is 1. The van der Waals surface area contributed by atoms with Crippen molar-refractivity contribution in [2.24, 2.45) is 5.92 Å². The quantitative estimate of drug-likeness (QED) is 0.640. The number of thiazole rings is 1. The fourth-order valence-electron chi connectivity index (χ4n) is 4.67. The molecule has 0 atom stereocenters. The van der Waals surface area contributed by atoms with Crippen LogP contribution in [-0.4, -0.2) is 36.7 Å². The molecule has 3 aromatic rings. The van der Waals surface area contributed by atoms with Crippen molar-refractivity contribution in [3.05, 3.63) is 35.8 Å². The van der Waals surface area contributed by atoms with Gasteiger partial charge in [0.05, 0.1) is 33.9 Å². The number of hydrogen-bond acceptors (Lipinski definition) is 6. The molecule has 0 aliphatic heterocycles. The van der Waals surface area contributed by atoms with Gasteiger partial charge in [-0.1, -0.05) is 11.3 Å². The first-order valence-electron chi connectivity index (χ1n) is 10.5. The Hall–Kier alpha value is -3.07. The topological polar surface area (TPSA) is 110 Å². The minimum atomic E-state index is -0.707. The van der Waals surface area contributed by atoms with Crippen LogP contribution in [0, 0.1) is 5.92 Å². The van der Waals surface area contributed by atoms with Crippen LogP contribution in [0.1, 0.15) is 49.9 Å². The van der Waals surface area contributed by atoms with Crippen LogP contribution in [0.3, 0.4) is 0 Å². The summed E-state index contributed by atoms with van der Waals surface area (Å²) in [6.45, 7) is 1.48. The summed E-state index contributed by atoms with van der Waals surface area (Å²) in [6.07, 6.45) is 8.07. The number of amides is 1. The second-order valence-corrected chi connectivity index (χ2v) is 9.18. The van der Waals surface area contributed by atoms with E-state index in [1.165, 1.54) is 23.8 Å². The van der Waals surface area contributed by atoms with E-state index < -0.39 is 5.97 Å². The van der Waals surface area contributed by atoms with Crippen LogP contribution in [0.2, 0.25) is 0 Å². The van der Waals surface area contributed by atoms with Gasteiger partial charge < -0.3 is 10.4 Å². The first-order valence-corrected chi connectivity index (χ1v) is 11.3. The molecule has 8 nitrogen and oxygen atoms in total. The van der Waals surface area contributed by atoms with Crippen molar-refractivity contribution in [3.63, 3.8) is 0 Å². The van der Waals surface area contributed by atoms with Crippen molar-refractivity contribution in [1.29, 1.82) is 0 Å². The number of aromatic nitrogens is 4. The van der Waals surface area contributed by atoms with Crippen molar-refractivity contribution in [2.45, 2.75) is 51.5 Å². The first kappa shape index (κ1) is 19.9. The molecule has 5 rings (SSSR count). The summed E-state index contributed by atoms with van der Waals surface area (Å²) >= 11 is 1.48. The van der Waals surface area contributed by atoms with Crippen LogP contribution >= 0.6 is 11.3 Å². The van der Waals surface area contributed by atoms with E-state index in [2.05, 4.69) is 20.0 Å². The van der Waals surface area contributed by atoms with Crippen molar-refractivity contribution < 1.29 is 14.7 Å². The Labute approximate surface area is 183 Å². The maximum Gasteiger partial charge on any atom is 0.306 e. The molecule has 3 aromatic heterocycles. The molecule has 0 spiro atoms. The van der Waals surface area contributed by atoms with E-state index in [1.54, 1.807) is 6.20 Å². The zero-order valence-electron chi connectivity index (χ0n) is 17.2. The van der Waals surface area contributed by atoms with E-state index in [0.717, 1.165) is 53.2 Å². The minimum Gasteiger partial charge on any atom is -0.481 e. The number of pyridine rings is 1. The van der Waals surface area contributed by atoms with Gasteiger partial charge in [0.25, 0.3) is 0 Å². The zero-order valence-corrected chi connectivity index (χ0v) is 18.0. The minimum absolute atomic E-state index is 0.136. The fraction of sp³-hybridized carbons (Fsp3) is 0.409. The van der Waals surface area contributed by atoms with Gasteiger partial charge in [0.1, 0.15) is 0 Å². The second-order valence-electron chi connectivity index (χ2n) is 8.18. The lowest BCUT2D eigenvalue weighted by atomic mass is 9.86. The standard InChI is InChI=1S/C22H23N5O3S/c1-12(28)24-22-25-17-9-8-16-18(14-3-2-10-23-11-14)26-27(19(16)20(17)31-22)15-6-4-13(5-7-15)21(29)30/h2-3,10-11,13,15H,4-9H2,1H3,(H,29,30)(H,24,25,28)/t13-,15-. The molecule has 0 aromatic carbocycles. The van der Waals surface area contributed by atoms with Gasteiger partial charge in [-0.15, -0.1) is 0 Å². The lowest BCUT2D eigenvalue weighted by Gasteiger charge is -2.28. The van der Waals surface area contributed by atoms with Gasteiger partial charge in [0.2, 0.25) is 5.91 Å². The van der Waals surface area contributed by atoms with Gasteiger partial charge in [-0.05, 0) is 50.7 Å². The Morgan fingerprint density at radius 3 is 2.71 bits per heavy atom. The molecule has 2 aliphatic carbocycles. The van der Waals surface area contributed by atoms with E-state index >= 15 is 0 Å². The molecule has 2 aliphatic rings. The van der Waals surface area contributed by atoms with E-state index in [0.29, 0.717) is 18.0 Å². The van der Waals surface area contributed by atoms with Crippen LogP contribution in [-0.2, 0) is 22.4 Å². The smallest absolute Gasteiger partial charge is 0.306 e. The van der Waals surface area contributed by atoms with Crippen molar-refractivity contribution in [2.75, 3.05) is 5.32 Å². The van der Waals surface area contributed by atoms with E-state index in [1.807, 2.05) is 18.3 Å². The Kier molecular flexibility index (Phi) is 5.05. The molecule has 2 N–H and O–H groups in total.